The van der Waals surface area contributed by atoms with Crippen LogP contribution in [0.4, 0.5) is 0 Å². The molecule has 128 valence electrons. The molecule has 2 aliphatic rings. The molecule has 0 atom stereocenters. The van der Waals surface area contributed by atoms with E-state index in [1.54, 1.807) is 11.1 Å². The van der Waals surface area contributed by atoms with Gasteiger partial charge in [-0.25, -0.2) is 0 Å². The molecule has 2 aliphatic heterocycles. The molecule has 0 bridgehead atoms. The summed E-state index contributed by atoms with van der Waals surface area (Å²) < 4.78 is 0. The average molecular weight is 350 g/mol. The van der Waals surface area contributed by atoms with Crippen molar-refractivity contribution in [3.8, 4) is 0 Å². The van der Waals surface area contributed by atoms with Crippen LogP contribution in [0.15, 0.2) is 18.2 Å². The molecule has 0 saturated carbocycles. The predicted molar refractivity (Wildman–Crippen MR) is 111 cm³/mol. The third-order valence-corrected chi connectivity index (χ3v) is 21.6. The lowest BCUT2D eigenvalue weighted by Gasteiger charge is -2.43. The van der Waals surface area contributed by atoms with Gasteiger partial charge in [-0.15, -0.1) is 0 Å². The molecule has 0 unspecified atom stereocenters. The van der Waals surface area contributed by atoms with E-state index < -0.39 is 14.5 Å². The molecule has 1 aromatic rings. The fourth-order valence-electron chi connectivity index (χ4n) is 5.97. The van der Waals surface area contributed by atoms with Crippen molar-refractivity contribution in [2.45, 2.75) is 95.7 Å². The van der Waals surface area contributed by atoms with E-state index >= 15 is 0 Å². The Labute approximate surface area is 145 Å². The summed E-state index contributed by atoms with van der Waals surface area (Å²) in [5.74, 6) is 0. The van der Waals surface area contributed by atoms with Crippen LogP contribution < -0.4 is 0 Å². The van der Waals surface area contributed by atoms with Crippen LogP contribution >= 0.6 is 14.5 Å². The summed E-state index contributed by atoms with van der Waals surface area (Å²) in [5.41, 5.74) is 8.80. The van der Waals surface area contributed by atoms with E-state index in [4.69, 9.17) is 0 Å². The highest BCUT2D eigenvalue weighted by molar-refractivity contribution is 7.93. The molecule has 0 amide bonds. The molecule has 1 aromatic carbocycles. The summed E-state index contributed by atoms with van der Waals surface area (Å²) in [5, 5.41) is 0.959. The van der Waals surface area contributed by atoms with Gasteiger partial charge in [0.15, 0.2) is 5.40 Å². The van der Waals surface area contributed by atoms with Crippen molar-refractivity contribution in [1.29, 1.82) is 0 Å². The molecular weight excluding hydrogens is 314 g/mol. The molecular formula is C21H36P2+2. The number of hydrogen-bond donors (Lipinski definition) is 0. The van der Waals surface area contributed by atoms with Crippen molar-refractivity contribution >= 4 is 14.5 Å². The van der Waals surface area contributed by atoms with Gasteiger partial charge in [0.05, 0.1) is 49.5 Å². The Hall–Kier alpha value is 0.0800. The van der Waals surface area contributed by atoms with Crippen LogP contribution in [0, 0.1) is 0 Å². The standard InChI is InChI=1S/C21H36P2/c1-14(2)22(15(3)4)12-18-10-9-11-19-13-23(16(5)6,17(7)8)21(22)20(18)19/h9-11,14-17,21H,12-13H2,1-8H3/q+2. The lowest BCUT2D eigenvalue weighted by atomic mass is 10.1. The highest BCUT2D eigenvalue weighted by Gasteiger charge is 2.73. The molecule has 0 aliphatic carbocycles. The maximum absolute atomic E-state index is 2.55. The van der Waals surface area contributed by atoms with Crippen LogP contribution in [-0.4, -0.2) is 22.6 Å². The summed E-state index contributed by atoms with van der Waals surface area (Å²) in [6, 6.07) is 7.30. The van der Waals surface area contributed by atoms with Gasteiger partial charge in [-0.05, 0) is 55.4 Å². The zero-order chi connectivity index (χ0) is 17.2. The van der Waals surface area contributed by atoms with Crippen LogP contribution in [0.5, 0.6) is 0 Å². The van der Waals surface area contributed by atoms with E-state index in [2.05, 4.69) is 73.6 Å². The number of rotatable bonds is 4. The highest BCUT2D eigenvalue weighted by atomic mass is 31.2. The lowest BCUT2D eigenvalue weighted by molar-refractivity contribution is 0.929. The van der Waals surface area contributed by atoms with Crippen LogP contribution in [0.25, 0.3) is 0 Å². The molecule has 0 N–H and O–H groups in total. The summed E-state index contributed by atoms with van der Waals surface area (Å²) >= 11 is 0. The Morgan fingerprint density at radius 3 is 1.35 bits per heavy atom. The van der Waals surface area contributed by atoms with Crippen molar-refractivity contribution in [2.24, 2.45) is 0 Å². The van der Waals surface area contributed by atoms with Gasteiger partial charge in [-0.3, -0.25) is 0 Å². The molecule has 0 aromatic heterocycles. The molecule has 0 fully saturated rings. The first-order chi connectivity index (χ1) is 10.7. The Morgan fingerprint density at radius 2 is 1.04 bits per heavy atom. The quantitative estimate of drug-likeness (QED) is 0.497. The normalized spacial score (nSPS) is 21.9. The molecule has 0 saturated heterocycles. The van der Waals surface area contributed by atoms with Gasteiger partial charge in [0.1, 0.15) is 0 Å². The van der Waals surface area contributed by atoms with Crippen LogP contribution in [0.1, 0.15) is 77.5 Å². The smallest absolute Gasteiger partial charge is 0.0614 e. The van der Waals surface area contributed by atoms with E-state index in [9.17, 15) is 0 Å². The van der Waals surface area contributed by atoms with Gasteiger partial charge in [-0.2, -0.15) is 0 Å². The van der Waals surface area contributed by atoms with E-state index in [1.165, 1.54) is 12.3 Å². The third kappa shape index (κ3) is 2.17. The van der Waals surface area contributed by atoms with Gasteiger partial charge >= 0.3 is 0 Å². The van der Waals surface area contributed by atoms with Crippen LogP contribution in [0.2, 0.25) is 0 Å². The summed E-state index contributed by atoms with van der Waals surface area (Å²) in [6.45, 7) is 20.4. The largest absolute Gasteiger partial charge is 0.195 e. The minimum absolute atomic E-state index is 0.864. The van der Waals surface area contributed by atoms with Crippen molar-refractivity contribution in [3.63, 3.8) is 0 Å². The second-order valence-electron chi connectivity index (χ2n) is 9.04. The first-order valence-electron chi connectivity index (χ1n) is 9.54. The predicted octanol–water partition coefficient (Wildman–Crippen LogP) is 7.38. The molecule has 23 heavy (non-hydrogen) atoms. The van der Waals surface area contributed by atoms with Crippen LogP contribution in [0.3, 0.4) is 0 Å². The maximum Gasteiger partial charge on any atom is 0.195 e. The number of hydrogen-bond acceptors (Lipinski definition) is 0. The molecule has 2 heteroatoms. The van der Waals surface area contributed by atoms with E-state index in [1.807, 2.05) is 5.56 Å². The van der Waals surface area contributed by atoms with Gasteiger partial charge in [0, 0.05) is 16.7 Å². The van der Waals surface area contributed by atoms with Crippen LogP contribution in [-0.2, 0) is 12.3 Å². The molecule has 3 rings (SSSR count). The Kier molecular flexibility index (Phi) is 4.52. The van der Waals surface area contributed by atoms with E-state index in [-0.39, 0.29) is 0 Å². The summed E-state index contributed by atoms with van der Waals surface area (Å²) in [7, 11) is -2.02. The molecule has 2 heterocycles. The van der Waals surface area contributed by atoms with Crippen molar-refractivity contribution < 1.29 is 0 Å². The second kappa shape index (κ2) is 5.81. The van der Waals surface area contributed by atoms with Crippen molar-refractivity contribution in [2.75, 3.05) is 0 Å². The zero-order valence-corrected chi connectivity index (χ0v) is 18.2. The third-order valence-electron chi connectivity index (χ3n) is 7.19. The van der Waals surface area contributed by atoms with E-state index in [0.717, 1.165) is 28.0 Å². The fourth-order valence-corrected chi connectivity index (χ4v) is 22.7. The summed E-state index contributed by atoms with van der Waals surface area (Å²) in [4.78, 5) is 0. The van der Waals surface area contributed by atoms with Gasteiger partial charge < -0.3 is 0 Å². The fraction of sp³-hybridized carbons (Fsp3) is 0.714. The molecule has 0 radical (unpaired) electrons. The zero-order valence-electron chi connectivity index (χ0n) is 16.4. The molecule has 0 nitrogen and oxygen atoms in total. The monoisotopic (exact) mass is 350 g/mol. The van der Waals surface area contributed by atoms with Gasteiger partial charge in [-0.1, -0.05) is 18.2 Å². The number of benzene rings is 1. The minimum atomic E-state index is -1.01. The Balaban J connectivity index is 2.31. The van der Waals surface area contributed by atoms with E-state index in [0.29, 0.717) is 0 Å². The average Bonchev–Trinajstić information content (AvgIpc) is 2.99. The minimum Gasteiger partial charge on any atom is -0.0614 e. The highest BCUT2D eigenvalue weighted by Crippen LogP contribution is 2.99. The Bertz CT molecular complexity index is 534. The van der Waals surface area contributed by atoms with Gasteiger partial charge in [0.25, 0.3) is 0 Å². The first-order valence-corrected chi connectivity index (χ1v) is 13.9. The topological polar surface area (TPSA) is 0 Å². The Morgan fingerprint density at radius 1 is 0.696 bits per heavy atom. The first kappa shape index (κ1) is 17.9. The maximum atomic E-state index is 2.55. The summed E-state index contributed by atoms with van der Waals surface area (Å²) in [6.07, 6.45) is 2.86. The van der Waals surface area contributed by atoms with Gasteiger partial charge in [0.2, 0.25) is 0 Å². The van der Waals surface area contributed by atoms with Crippen molar-refractivity contribution in [1.82, 2.24) is 0 Å². The second-order valence-corrected chi connectivity index (χ2v) is 19.2. The molecule has 0 spiro atoms. The lowest BCUT2D eigenvalue weighted by Crippen LogP contribution is -2.26. The van der Waals surface area contributed by atoms with Crippen molar-refractivity contribution in [3.05, 3.63) is 34.9 Å². The SMILES string of the molecule is CC(C)[P+]1(C(C)C)Cc2cccc3c2C1[P+](C(C)C)(C(C)C)C3.